The number of aliphatic hydroxyl groups excluding tert-OH is 2. The van der Waals surface area contributed by atoms with Crippen molar-refractivity contribution in [2.45, 2.75) is 70.2 Å². The molecule has 1 saturated carbocycles. The molecule has 2 rings (SSSR count). The Morgan fingerprint density at radius 1 is 1.19 bits per heavy atom. The van der Waals surface area contributed by atoms with Crippen LogP contribution in [0.3, 0.4) is 0 Å². The number of unbranched alkanes of at least 4 members (excludes halogenated alkanes) is 1. The summed E-state index contributed by atoms with van der Waals surface area (Å²) in [5.41, 5.74) is 0. The highest BCUT2D eigenvalue weighted by molar-refractivity contribution is 5.69. The summed E-state index contributed by atoms with van der Waals surface area (Å²) < 4.78 is 38.7. The molecule has 0 saturated heterocycles. The van der Waals surface area contributed by atoms with Gasteiger partial charge in [-0.3, -0.25) is 4.79 Å². The number of carbonyl (C=O) groups excluding carboxylic acids is 1. The van der Waals surface area contributed by atoms with Gasteiger partial charge in [-0.2, -0.15) is 8.78 Å². The van der Waals surface area contributed by atoms with Gasteiger partial charge in [-0.05, 0) is 57.2 Å². The van der Waals surface area contributed by atoms with Crippen LogP contribution in [-0.2, 0) is 9.53 Å². The van der Waals surface area contributed by atoms with Gasteiger partial charge in [0.25, 0.3) is 5.92 Å². The van der Waals surface area contributed by atoms with E-state index >= 15 is 0 Å². The molecule has 1 aromatic carbocycles. The first-order valence-electron chi connectivity index (χ1n) is 11.1. The van der Waals surface area contributed by atoms with Gasteiger partial charge in [0, 0.05) is 18.8 Å². The number of esters is 1. The van der Waals surface area contributed by atoms with E-state index in [0.29, 0.717) is 31.4 Å². The number of halogens is 2. The van der Waals surface area contributed by atoms with E-state index in [2.05, 4.69) is 0 Å². The Hall–Kier alpha value is -2.25. The lowest BCUT2D eigenvalue weighted by molar-refractivity contribution is -0.147. The van der Waals surface area contributed by atoms with E-state index in [1.807, 2.05) is 12.2 Å². The average molecular weight is 453 g/mol. The van der Waals surface area contributed by atoms with Crippen molar-refractivity contribution < 1.29 is 33.3 Å². The van der Waals surface area contributed by atoms with Crippen LogP contribution < -0.4 is 4.74 Å². The van der Waals surface area contributed by atoms with Gasteiger partial charge in [-0.15, -0.1) is 0 Å². The first kappa shape index (κ1) is 26.0. The summed E-state index contributed by atoms with van der Waals surface area (Å²) in [6.45, 7) is 2.80. The maximum Gasteiger partial charge on any atom is 0.306 e. The van der Waals surface area contributed by atoms with Gasteiger partial charge in [0.15, 0.2) is 6.61 Å². The zero-order chi connectivity index (χ0) is 23.6. The molecule has 0 bridgehead atoms. The fourth-order valence-corrected chi connectivity index (χ4v) is 3.76. The molecule has 5 nitrogen and oxygen atoms in total. The molecule has 0 radical (unpaired) electrons. The SMILES string of the molecule is CC(C)OC(=O)CCC/C=C\C[C@@H]1C(/C=C/C(F)(F)COc2ccccc2)[C@H](O)C[C@@H]1O. The maximum absolute atomic E-state index is 14.2. The van der Waals surface area contributed by atoms with Crippen LogP contribution in [0.5, 0.6) is 5.75 Å². The Morgan fingerprint density at radius 3 is 2.59 bits per heavy atom. The van der Waals surface area contributed by atoms with Crippen LogP contribution in [0.15, 0.2) is 54.6 Å². The number of para-hydroxylation sites is 1. The lowest BCUT2D eigenvalue weighted by Gasteiger charge is -2.20. The van der Waals surface area contributed by atoms with Gasteiger partial charge in [0.1, 0.15) is 5.75 Å². The number of benzene rings is 1. The highest BCUT2D eigenvalue weighted by atomic mass is 19.3. The molecule has 178 valence electrons. The molecule has 2 N–H and O–H groups in total. The monoisotopic (exact) mass is 452 g/mol. The normalized spacial score (nSPS) is 24.0. The summed E-state index contributed by atoms with van der Waals surface area (Å²) in [5.74, 6) is -4.00. The molecule has 1 aromatic rings. The molecule has 32 heavy (non-hydrogen) atoms. The fourth-order valence-electron chi connectivity index (χ4n) is 3.76. The molecular weight excluding hydrogens is 418 g/mol. The second kappa shape index (κ2) is 12.7. The summed E-state index contributed by atoms with van der Waals surface area (Å²) in [5, 5.41) is 20.5. The first-order chi connectivity index (χ1) is 15.2. The van der Waals surface area contributed by atoms with Crippen LogP contribution >= 0.6 is 0 Å². The van der Waals surface area contributed by atoms with E-state index < -0.39 is 30.7 Å². The predicted octanol–water partition coefficient (Wildman–Crippen LogP) is 4.68. The molecule has 0 aliphatic heterocycles. The lowest BCUT2D eigenvalue weighted by atomic mass is 9.89. The highest BCUT2D eigenvalue weighted by Crippen LogP contribution is 2.37. The van der Waals surface area contributed by atoms with E-state index in [0.717, 1.165) is 6.08 Å². The van der Waals surface area contributed by atoms with Crippen molar-refractivity contribution in [2.24, 2.45) is 11.8 Å². The van der Waals surface area contributed by atoms with Crippen LogP contribution in [0.2, 0.25) is 0 Å². The van der Waals surface area contributed by atoms with E-state index in [-0.39, 0.29) is 24.4 Å². The molecule has 1 unspecified atom stereocenters. The third-order valence-corrected chi connectivity index (χ3v) is 5.35. The van der Waals surface area contributed by atoms with E-state index in [1.54, 1.807) is 44.2 Å². The largest absolute Gasteiger partial charge is 0.487 e. The molecule has 0 amide bonds. The number of hydrogen-bond acceptors (Lipinski definition) is 5. The van der Waals surface area contributed by atoms with E-state index in [9.17, 15) is 23.8 Å². The van der Waals surface area contributed by atoms with Crippen LogP contribution in [-0.4, -0.2) is 47.0 Å². The zero-order valence-corrected chi connectivity index (χ0v) is 18.7. The number of aliphatic hydroxyl groups is 2. The van der Waals surface area contributed by atoms with Gasteiger partial charge < -0.3 is 19.7 Å². The zero-order valence-electron chi connectivity index (χ0n) is 18.7. The quantitative estimate of drug-likeness (QED) is 0.274. The third kappa shape index (κ3) is 9.09. The summed E-state index contributed by atoms with van der Waals surface area (Å²) in [4.78, 5) is 11.5. The van der Waals surface area contributed by atoms with Crippen molar-refractivity contribution in [3.63, 3.8) is 0 Å². The summed E-state index contributed by atoms with van der Waals surface area (Å²) in [6, 6.07) is 8.39. The number of ether oxygens (including phenoxy) is 2. The number of carbonyl (C=O) groups is 1. The molecule has 7 heteroatoms. The molecule has 4 atom stereocenters. The molecule has 0 heterocycles. The number of allylic oxidation sites excluding steroid dienone is 2. The second-order valence-corrected chi connectivity index (χ2v) is 8.47. The van der Waals surface area contributed by atoms with Crippen LogP contribution in [0, 0.1) is 11.8 Å². The van der Waals surface area contributed by atoms with Crippen molar-refractivity contribution in [3.05, 3.63) is 54.6 Å². The van der Waals surface area contributed by atoms with Crippen LogP contribution in [0.25, 0.3) is 0 Å². The van der Waals surface area contributed by atoms with Crippen molar-refractivity contribution in [3.8, 4) is 5.75 Å². The Labute approximate surface area is 188 Å². The summed E-state index contributed by atoms with van der Waals surface area (Å²) >= 11 is 0. The predicted molar refractivity (Wildman–Crippen MR) is 118 cm³/mol. The van der Waals surface area contributed by atoms with Crippen molar-refractivity contribution in [2.75, 3.05) is 6.61 Å². The standard InChI is InChI=1S/C25H34F2O5/c1-18(2)32-24(30)13-9-4-3-8-12-20-21(23(29)16-22(20)28)14-15-25(26,27)17-31-19-10-6-5-7-11-19/h3,5-8,10-11,14-15,18,20-23,28-29H,4,9,12-13,16-17H2,1-2H3/b8-3-,15-14+/t20-,21?,22+,23-/m1/s1. The van der Waals surface area contributed by atoms with Crippen LogP contribution in [0.4, 0.5) is 8.78 Å². The van der Waals surface area contributed by atoms with Crippen molar-refractivity contribution >= 4 is 5.97 Å². The topological polar surface area (TPSA) is 76.0 Å². The smallest absolute Gasteiger partial charge is 0.306 e. The first-order valence-corrected chi connectivity index (χ1v) is 11.1. The van der Waals surface area contributed by atoms with Gasteiger partial charge in [0.2, 0.25) is 0 Å². The average Bonchev–Trinajstić information content (AvgIpc) is 3.00. The second-order valence-electron chi connectivity index (χ2n) is 8.47. The lowest BCUT2D eigenvalue weighted by Crippen LogP contribution is -2.25. The fraction of sp³-hybridized carbons (Fsp3) is 0.560. The number of alkyl halides is 2. The van der Waals surface area contributed by atoms with Crippen LogP contribution in [0.1, 0.15) is 46.0 Å². The molecule has 1 fully saturated rings. The summed E-state index contributed by atoms with van der Waals surface area (Å²) in [7, 11) is 0. The molecule has 1 aliphatic carbocycles. The molecular formula is C25H34F2O5. The minimum absolute atomic E-state index is 0.129. The summed E-state index contributed by atoms with van der Waals surface area (Å²) in [6.07, 6.45) is 6.33. The van der Waals surface area contributed by atoms with Gasteiger partial charge in [-0.25, -0.2) is 0 Å². The highest BCUT2D eigenvalue weighted by Gasteiger charge is 2.40. The minimum Gasteiger partial charge on any atom is -0.487 e. The number of hydrogen-bond donors (Lipinski definition) is 2. The Balaban J connectivity index is 1.83. The van der Waals surface area contributed by atoms with Crippen molar-refractivity contribution in [1.82, 2.24) is 0 Å². The third-order valence-electron chi connectivity index (χ3n) is 5.35. The van der Waals surface area contributed by atoms with Gasteiger partial charge >= 0.3 is 5.97 Å². The van der Waals surface area contributed by atoms with Gasteiger partial charge in [-0.1, -0.05) is 36.4 Å². The molecule has 0 aromatic heterocycles. The molecule has 0 spiro atoms. The maximum atomic E-state index is 14.2. The molecule has 1 aliphatic rings. The minimum atomic E-state index is -3.20. The Kier molecular flexibility index (Phi) is 10.3. The number of rotatable bonds is 12. The Bertz CT molecular complexity index is 748. The van der Waals surface area contributed by atoms with Crippen molar-refractivity contribution in [1.29, 1.82) is 0 Å². The van der Waals surface area contributed by atoms with Gasteiger partial charge in [0.05, 0.1) is 18.3 Å². The van der Waals surface area contributed by atoms with E-state index in [1.165, 1.54) is 6.08 Å². The Morgan fingerprint density at radius 2 is 1.91 bits per heavy atom. The van der Waals surface area contributed by atoms with E-state index in [4.69, 9.17) is 9.47 Å².